The van der Waals surface area contributed by atoms with Crippen molar-refractivity contribution in [2.45, 2.75) is 11.0 Å². The van der Waals surface area contributed by atoms with Gasteiger partial charge in [-0.05, 0) is 29.8 Å². The third-order valence-electron chi connectivity index (χ3n) is 4.01. The first-order valence-electron chi connectivity index (χ1n) is 7.72. The Kier molecular flexibility index (Phi) is 4.86. The van der Waals surface area contributed by atoms with Gasteiger partial charge in [-0.25, -0.2) is 13.2 Å². The fourth-order valence-corrected chi connectivity index (χ4v) is 3.76. The molecule has 2 aromatic carbocycles. The molecular formula is C17H18N2O6S. The molecule has 0 saturated heterocycles. The van der Waals surface area contributed by atoms with Crippen LogP contribution in [-0.4, -0.2) is 43.5 Å². The standard InChI is InChI=1S/C17H18N2O6S/c1-19(10-15(20)11-4-3-5-12(8-11)24-2)26(22,23)13-6-7-14-16(9-13)25-17(21)18-14/h3-9,15,20H,10H2,1-2H3,(H,18,21). The van der Waals surface area contributed by atoms with Gasteiger partial charge < -0.3 is 14.3 Å². The number of nitrogens with zero attached hydrogens (tertiary/aromatic N) is 1. The maximum Gasteiger partial charge on any atom is 0.417 e. The van der Waals surface area contributed by atoms with Gasteiger partial charge in [0.05, 0.1) is 23.6 Å². The van der Waals surface area contributed by atoms with E-state index in [9.17, 15) is 18.3 Å². The fourth-order valence-electron chi connectivity index (χ4n) is 2.56. The van der Waals surface area contributed by atoms with E-state index in [1.54, 1.807) is 24.3 Å². The largest absolute Gasteiger partial charge is 0.497 e. The summed E-state index contributed by atoms with van der Waals surface area (Å²) in [6, 6.07) is 10.9. The average molecular weight is 378 g/mol. The lowest BCUT2D eigenvalue weighted by Crippen LogP contribution is -2.31. The Morgan fingerprint density at radius 3 is 2.77 bits per heavy atom. The summed E-state index contributed by atoms with van der Waals surface area (Å²) in [5.41, 5.74) is 1.10. The van der Waals surface area contributed by atoms with Gasteiger partial charge in [0.2, 0.25) is 10.0 Å². The van der Waals surface area contributed by atoms with Crippen LogP contribution >= 0.6 is 0 Å². The van der Waals surface area contributed by atoms with E-state index < -0.39 is 21.9 Å². The summed E-state index contributed by atoms with van der Waals surface area (Å²) in [7, 11) is -0.991. The molecule has 1 aromatic heterocycles. The number of benzene rings is 2. The predicted octanol–water partition coefficient (Wildman–Crippen LogP) is 1.48. The number of nitrogens with one attached hydrogen (secondary N) is 1. The summed E-state index contributed by atoms with van der Waals surface area (Å²) in [5, 5.41) is 10.4. The number of aromatic nitrogens is 1. The van der Waals surface area contributed by atoms with Crippen molar-refractivity contribution in [1.29, 1.82) is 0 Å². The van der Waals surface area contributed by atoms with Crippen molar-refractivity contribution in [2.24, 2.45) is 0 Å². The average Bonchev–Trinajstić information content (AvgIpc) is 3.00. The van der Waals surface area contributed by atoms with E-state index >= 15 is 0 Å². The lowest BCUT2D eigenvalue weighted by Gasteiger charge is -2.21. The highest BCUT2D eigenvalue weighted by Gasteiger charge is 2.24. The number of oxazole rings is 1. The molecular weight excluding hydrogens is 360 g/mol. The molecule has 0 aliphatic rings. The van der Waals surface area contributed by atoms with E-state index in [4.69, 9.17) is 9.15 Å². The molecule has 0 aliphatic heterocycles. The van der Waals surface area contributed by atoms with Crippen molar-refractivity contribution in [3.8, 4) is 5.75 Å². The summed E-state index contributed by atoms with van der Waals surface area (Å²) < 4.78 is 36.5. The maximum absolute atomic E-state index is 12.7. The lowest BCUT2D eigenvalue weighted by atomic mass is 10.1. The van der Waals surface area contributed by atoms with Gasteiger partial charge in [-0.3, -0.25) is 4.98 Å². The van der Waals surface area contributed by atoms with Gasteiger partial charge in [0, 0.05) is 19.7 Å². The number of fused-ring (bicyclic) bond motifs is 1. The predicted molar refractivity (Wildman–Crippen MR) is 94.6 cm³/mol. The number of sulfonamides is 1. The fraction of sp³-hybridized carbons (Fsp3) is 0.235. The van der Waals surface area contributed by atoms with Gasteiger partial charge >= 0.3 is 5.76 Å². The molecule has 0 radical (unpaired) electrons. The van der Waals surface area contributed by atoms with Crippen molar-refractivity contribution in [1.82, 2.24) is 9.29 Å². The number of rotatable bonds is 6. The second kappa shape index (κ2) is 6.94. The number of hydrogen-bond acceptors (Lipinski definition) is 6. The zero-order chi connectivity index (χ0) is 18.9. The molecule has 1 unspecified atom stereocenters. The van der Waals surface area contributed by atoms with Gasteiger partial charge in [-0.15, -0.1) is 0 Å². The second-order valence-electron chi connectivity index (χ2n) is 5.75. The number of aliphatic hydroxyl groups is 1. The van der Waals surface area contributed by atoms with E-state index in [1.807, 2.05) is 0 Å². The third-order valence-corrected chi connectivity index (χ3v) is 5.83. The third kappa shape index (κ3) is 3.50. The summed E-state index contributed by atoms with van der Waals surface area (Å²) in [4.78, 5) is 13.6. The second-order valence-corrected chi connectivity index (χ2v) is 7.80. The Morgan fingerprint density at radius 2 is 2.04 bits per heavy atom. The zero-order valence-electron chi connectivity index (χ0n) is 14.2. The van der Waals surface area contributed by atoms with Crippen LogP contribution in [0.5, 0.6) is 5.75 Å². The molecule has 0 amide bonds. The Bertz CT molecular complexity index is 1090. The highest BCUT2D eigenvalue weighted by atomic mass is 32.2. The van der Waals surface area contributed by atoms with Crippen LogP contribution in [0.25, 0.3) is 11.1 Å². The van der Waals surface area contributed by atoms with Gasteiger partial charge in [0.15, 0.2) is 5.58 Å². The molecule has 1 heterocycles. The number of aliphatic hydroxyl groups excluding tert-OH is 1. The van der Waals surface area contributed by atoms with Crippen LogP contribution in [0.4, 0.5) is 0 Å². The van der Waals surface area contributed by atoms with E-state index in [-0.39, 0.29) is 17.0 Å². The van der Waals surface area contributed by atoms with Crippen molar-refractivity contribution in [3.63, 3.8) is 0 Å². The van der Waals surface area contributed by atoms with Crippen LogP contribution in [0.3, 0.4) is 0 Å². The molecule has 0 spiro atoms. The van der Waals surface area contributed by atoms with Crippen LogP contribution in [0.15, 0.2) is 56.6 Å². The van der Waals surface area contributed by atoms with Crippen LogP contribution in [0.1, 0.15) is 11.7 Å². The number of ether oxygens (including phenoxy) is 1. The molecule has 0 bridgehead atoms. The first-order chi connectivity index (χ1) is 12.3. The Labute approximate surface area is 149 Å². The van der Waals surface area contributed by atoms with Crippen LogP contribution in [0.2, 0.25) is 0 Å². The van der Waals surface area contributed by atoms with Crippen LogP contribution in [-0.2, 0) is 10.0 Å². The minimum absolute atomic E-state index is 0.0342. The number of likely N-dealkylation sites (N-methyl/N-ethyl adjacent to an activating group) is 1. The molecule has 2 N–H and O–H groups in total. The molecule has 0 fully saturated rings. The molecule has 3 aromatic rings. The number of H-pyrrole nitrogens is 1. The Balaban J connectivity index is 1.84. The molecule has 1 atom stereocenters. The lowest BCUT2D eigenvalue weighted by molar-refractivity contribution is 0.154. The van der Waals surface area contributed by atoms with Gasteiger partial charge in [-0.2, -0.15) is 4.31 Å². The van der Waals surface area contributed by atoms with Gasteiger partial charge in [0.25, 0.3) is 0 Å². The summed E-state index contributed by atoms with van der Waals surface area (Å²) >= 11 is 0. The van der Waals surface area contributed by atoms with Crippen molar-refractivity contribution < 1.29 is 22.7 Å². The highest BCUT2D eigenvalue weighted by Crippen LogP contribution is 2.23. The maximum atomic E-state index is 12.7. The van der Waals surface area contributed by atoms with Gasteiger partial charge in [0.1, 0.15) is 5.75 Å². The van der Waals surface area contributed by atoms with Crippen molar-refractivity contribution in [2.75, 3.05) is 20.7 Å². The zero-order valence-corrected chi connectivity index (χ0v) is 15.0. The van der Waals surface area contributed by atoms with E-state index in [0.717, 1.165) is 4.31 Å². The first kappa shape index (κ1) is 18.2. The Morgan fingerprint density at radius 1 is 1.27 bits per heavy atom. The van der Waals surface area contributed by atoms with E-state index in [0.29, 0.717) is 16.8 Å². The minimum Gasteiger partial charge on any atom is -0.497 e. The molecule has 8 nitrogen and oxygen atoms in total. The van der Waals surface area contributed by atoms with E-state index in [2.05, 4.69) is 4.98 Å². The molecule has 0 saturated carbocycles. The minimum atomic E-state index is -3.87. The normalized spacial score (nSPS) is 13.2. The topological polar surface area (TPSA) is 113 Å². The van der Waals surface area contributed by atoms with Gasteiger partial charge in [-0.1, -0.05) is 12.1 Å². The van der Waals surface area contributed by atoms with Crippen LogP contribution < -0.4 is 10.5 Å². The first-order valence-corrected chi connectivity index (χ1v) is 9.16. The Hall–Kier alpha value is -2.62. The highest BCUT2D eigenvalue weighted by molar-refractivity contribution is 7.89. The monoisotopic (exact) mass is 378 g/mol. The summed E-state index contributed by atoms with van der Waals surface area (Å²) in [6.07, 6.45) is -1.03. The smallest absolute Gasteiger partial charge is 0.417 e. The quantitative estimate of drug-likeness (QED) is 0.672. The van der Waals surface area contributed by atoms with Crippen molar-refractivity contribution >= 4 is 21.1 Å². The molecule has 3 rings (SSSR count). The SMILES string of the molecule is COc1cccc(C(O)CN(C)S(=O)(=O)c2ccc3[nH]c(=O)oc3c2)c1. The number of methoxy groups -OCH3 is 1. The van der Waals surface area contributed by atoms with Crippen molar-refractivity contribution in [3.05, 3.63) is 58.6 Å². The summed E-state index contributed by atoms with van der Waals surface area (Å²) in [6.45, 7) is -0.148. The molecule has 9 heteroatoms. The molecule has 26 heavy (non-hydrogen) atoms. The van der Waals surface area contributed by atoms with Crippen LogP contribution in [0, 0.1) is 0 Å². The number of hydrogen-bond donors (Lipinski definition) is 2. The molecule has 138 valence electrons. The summed E-state index contributed by atoms with van der Waals surface area (Å²) in [5.74, 6) is -0.0867. The van der Waals surface area contributed by atoms with E-state index in [1.165, 1.54) is 32.4 Å². The molecule has 0 aliphatic carbocycles. The number of aromatic amines is 1.